The number of aromatic nitrogens is 2. The van der Waals surface area contributed by atoms with Gasteiger partial charge in [0.2, 0.25) is 0 Å². The van der Waals surface area contributed by atoms with Crippen LogP contribution in [0.4, 0.5) is 5.82 Å². The maximum Gasteiger partial charge on any atom is 0.162 e. The van der Waals surface area contributed by atoms with Crippen molar-refractivity contribution in [3.05, 3.63) is 28.6 Å². The Morgan fingerprint density at radius 2 is 2.27 bits per heavy atom. The summed E-state index contributed by atoms with van der Waals surface area (Å²) in [5.74, 6) is 1.29. The van der Waals surface area contributed by atoms with Crippen molar-refractivity contribution in [2.24, 2.45) is 0 Å². The number of nitrogen functional groups attached to an aromatic ring is 1. The van der Waals surface area contributed by atoms with Crippen molar-refractivity contribution in [3.63, 3.8) is 0 Å². The van der Waals surface area contributed by atoms with Crippen LogP contribution in [0.1, 0.15) is 19.0 Å². The number of rotatable bonds is 3. The summed E-state index contributed by atoms with van der Waals surface area (Å²) in [6, 6.07) is 3.86. The average Bonchev–Trinajstić information content (AvgIpc) is 2.70. The third-order valence-electron chi connectivity index (χ3n) is 2.08. The van der Waals surface area contributed by atoms with Crippen LogP contribution in [0.25, 0.3) is 11.4 Å². The Morgan fingerprint density at radius 3 is 2.93 bits per heavy atom. The molecule has 0 aliphatic carbocycles. The van der Waals surface area contributed by atoms with Crippen LogP contribution in [0.3, 0.4) is 0 Å². The second kappa shape index (κ2) is 4.40. The Hall–Kier alpha value is -1.42. The average molecular weight is 219 g/mol. The standard InChI is InChI=1S/C11H13N3S/c1-2-3-9-6-10(12)14-11(13-9)8-4-5-15-7-8/h4-7H,2-3H2,1H3,(H2,12,13,14). The Balaban J connectivity index is 2.40. The molecule has 4 heteroatoms. The summed E-state index contributed by atoms with van der Waals surface area (Å²) in [5.41, 5.74) is 7.81. The van der Waals surface area contributed by atoms with Crippen molar-refractivity contribution < 1.29 is 0 Å². The summed E-state index contributed by atoms with van der Waals surface area (Å²) in [6.07, 6.45) is 2.02. The predicted molar refractivity (Wildman–Crippen MR) is 63.8 cm³/mol. The molecule has 0 atom stereocenters. The quantitative estimate of drug-likeness (QED) is 0.863. The fourth-order valence-electron chi connectivity index (χ4n) is 1.42. The van der Waals surface area contributed by atoms with Gasteiger partial charge in [0.05, 0.1) is 0 Å². The summed E-state index contributed by atoms with van der Waals surface area (Å²) in [7, 11) is 0. The van der Waals surface area contributed by atoms with E-state index in [1.54, 1.807) is 11.3 Å². The highest BCUT2D eigenvalue weighted by Crippen LogP contribution is 2.19. The van der Waals surface area contributed by atoms with Gasteiger partial charge in [-0.25, -0.2) is 9.97 Å². The molecule has 0 bridgehead atoms. The zero-order valence-electron chi connectivity index (χ0n) is 8.60. The van der Waals surface area contributed by atoms with Crippen LogP contribution >= 0.6 is 11.3 Å². The van der Waals surface area contributed by atoms with E-state index in [0.29, 0.717) is 5.82 Å². The lowest BCUT2D eigenvalue weighted by Crippen LogP contribution is -1.99. The van der Waals surface area contributed by atoms with E-state index in [-0.39, 0.29) is 0 Å². The molecule has 0 aliphatic heterocycles. The van der Waals surface area contributed by atoms with Gasteiger partial charge >= 0.3 is 0 Å². The van der Waals surface area contributed by atoms with Gasteiger partial charge < -0.3 is 5.73 Å². The van der Waals surface area contributed by atoms with E-state index in [1.165, 1.54) is 0 Å². The number of anilines is 1. The lowest BCUT2D eigenvalue weighted by molar-refractivity contribution is 0.877. The molecule has 0 unspecified atom stereocenters. The lowest BCUT2D eigenvalue weighted by atomic mass is 10.2. The predicted octanol–water partition coefficient (Wildman–Crippen LogP) is 2.74. The number of nitrogens with zero attached hydrogens (tertiary/aromatic N) is 2. The van der Waals surface area contributed by atoms with E-state index in [0.717, 1.165) is 29.9 Å². The molecule has 0 aliphatic rings. The molecular formula is C11H13N3S. The van der Waals surface area contributed by atoms with E-state index in [9.17, 15) is 0 Å². The zero-order valence-corrected chi connectivity index (χ0v) is 9.42. The molecule has 0 fully saturated rings. The van der Waals surface area contributed by atoms with E-state index in [4.69, 9.17) is 5.73 Å². The lowest BCUT2D eigenvalue weighted by Gasteiger charge is -2.03. The van der Waals surface area contributed by atoms with E-state index in [2.05, 4.69) is 16.9 Å². The summed E-state index contributed by atoms with van der Waals surface area (Å²) in [4.78, 5) is 8.71. The van der Waals surface area contributed by atoms with Gasteiger partial charge in [0, 0.05) is 22.7 Å². The topological polar surface area (TPSA) is 51.8 Å². The van der Waals surface area contributed by atoms with Gasteiger partial charge in [-0.1, -0.05) is 13.3 Å². The van der Waals surface area contributed by atoms with Crippen LogP contribution in [0.5, 0.6) is 0 Å². The van der Waals surface area contributed by atoms with Crippen LogP contribution in [0.15, 0.2) is 22.9 Å². The van der Waals surface area contributed by atoms with E-state index in [1.807, 2.05) is 22.9 Å². The van der Waals surface area contributed by atoms with Crippen molar-refractivity contribution in [1.82, 2.24) is 9.97 Å². The van der Waals surface area contributed by atoms with Gasteiger partial charge in [-0.2, -0.15) is 11.3 Å². The largest absolute Gasteiger partial charge is 0.384 e. The molecule has 0 saturated carbocycles. The minimum absolute atomic E-state index is 0.551. The Morgan fingerprint density at radius 1 is 1.40 bits per heavy atom. The second-order valence-corrected chi connectivity index (χ2v) is 4.15. The highest BCUT2D eigenvalue weighted by Gasteiger charge is 2.04. The van der Waals surface area contributed by atoms with Gasteiger partial charge in [-0.3, -0.25) is 0 Å². The molecule has 3 nitrogen and oxygen atoms in total. The normalized spacial score (nSPS) is 10.5. The fourth-order valence-corrected chi connectivity index (χ4v) is 2.06. The number of hydrogen-bond donors (Lipinski definition) is 1. The molecule has 0 saturated heterocycles. The molecule has 0 aromatic carbocycles. The first-order valence-electron chi connectivity index (χ1n) is 4.95. The molecule has 15 heavy (non-hydrogen) atoms. The van der Waals surface area contributed by atoms with Gasteiger partial charge in [-0.05, 0) is 17.9 Å². The Kier molecular flexibility index (Phi) is 2.97. The molecular weight excluding hydrogens is 206 g/mol. The minimum Gasteiger partial charge on any atom is -0.384 e. The molecule has 2 aromatic heterocycles. The maximum atomic E-state index is 5.75. The molecule has 78 valence electrons. The maximum absolute atomic E-state index is 5.75. The summed E-state index contributed by atoms with van der Waals surface area (Å²) in [5, 5.41) is 4.05. The van der Waals surface area contributed by atoms with Gasteiger partial charge in [0.15, 0.2) is 5.82 Å². The molecule has 2 heterocycles. The van der Waals surface area contributed by atoms with Crippen molar-refractivity contribution in [2.75, 3.05) is 5.73 Å². The summed E-state index contributed by atoms with van der Waals surface area (Å²) >= 11 is 1.64. The monoisotopic (exact) mass is 219 g/mol. The van der Waals surface area contributed by atoms with Crippen molar-refractivity contribution >= 4 is 17.2 Å². The molecule has 2 N–H and O–H groups in total. The third-order valence-corrected chi connectivity index (χ3v) is 2.77. The number of hydrogen-bond acceptors (Lipinski definition) is 4. The van der Waals surface area contributed by atoms with E-state index >= 15 is 0 Å². The Bertz CT molecular complexity index is 437. The van der Waals surface area contributed by atoms with Crippen LogP contribution in [0, 0.1) is 0 Å². The molecule has 2 rings (SSSR count). The van der Waals surface area contributed by atoms with Gasteiger partial charge in [0.1, 0.15) is 5.82 Å². The highest BCUT2D eigenvalue weighted by molar-refractivity contribution is 7.08. The van der Waals surface area contributed by atoms with Crippen molar-refractivity contribution in [3.8, 4) is 11.4 Å². The SMILES string of the molecule is CCCc1cc(N)nc(-c2ccsc2)n1. The molecule has 0 amide bonds. The van der Waals surface area contributed by atoms with Crippen molar-refractivity contribution in [1.29, 1.82) is 0 Å². The minimum atomic E-state index is 0.551. The molecule has 2 aromatic rings. The fraction of sp³-hybridized carbons (Fsp3) is 0.273. The summed E-state index contributed by atoms with van der Waals surface area (Å²) in [6.45, 7) is 2.13. The first-order chi connectivity index (χ1) is 7.29. The smallest absolute Gasteiger partial charge is 0.162 e. The first-order valence-corrected chi connectivity index (χ1v) is 5.90. The van der Waals surface area contributed by atoms with Crippen LogP contribution in [0.2, 0.25) is 0 Å². The molecule has 0 spiro atoms. The van der Waals surface area contributed by atoms with Crippen LogP contribution in [-0.2, 0) is 6.42 Å². The van der Waals surface area contributed by atoms with Gasteiger partial charge in [0.25, 0.3) is 0 Å². The molecule has 0 radical (unpaired) electrons. The van der Waals surface area contributed by atoms with E-state index < -0.39 is 0 Å². The van der Waals surface area contributed by atoms with Crippen LogP contribution < -0.4 is 5.73 Å². The number of nitrogens with two attached hydrogens (primary N) is 1. The van der Waals surface area contributed by atoms with Gasteiger partial charge in [-0.15, -0.1) is 0 Å². The summed E-state index contributed by atoms with van der Waals surface area (Å²) < 4.78 is 0. The highest BCUT2D eigenvalue weighted by atomic mass is 32.1. The third kappa shape index (κ3) is 2.33. The van der Waals surface area contributed by atoms with Crippen molar-refractivity contribution in [2.45, 2.75) is 19.8 Å². The second-order valence-electron chi connectivity index (χ2n) is 3.37. The number of thiophene rings is 1. The Labute approximate surface area is 93.0 Å². The first kappa shape index (κ1) is 10.1. The zero-order chi connectivity index (χ0) is 10.7. The van der Waals surface area contributed by atoms with Crippen LogP contribution in [-0.4, -0.2) is 9.97 Å². The number of aryl methyl sites for hydroxylation is 1.